The first-order valence-electron chi connectivity index (χ1n) is 8.23. The summed E-state index contributed by atoms with van der Waals surface area (Å²) in [6.45, 7) is 4.78. The minimum atomic E-state index is -3.63. The Bertz CT molecular complexity index is 674. The van der Waals surface area contributed by atoms with Gasteiger partial charge in [-0.2, -0.15) is 0 Å². The lowest BCUT2D eigenvalue weighted by atomic mass is 9.91. The van der Waals surface area contributed by atoms with Gasteiger partial charge in [0, 0.05) is 25.0 Å². The Labute approximate surface area is 142 Å². The maximum absolute atomic E-state index is 12.9. The van der Waals surface area contributed by atoms with E-state index >= 15 is 0 Å². The van der Waals surface area contributed by atoms with E-state index in [1.165, 1.54) is 12.1 Å². The van der Waals surface area contributed by atoms with Gasteiger partial charge in [0.25, 0.3) is 0 Å². The molecule has 0 saturated carbocycles. The van der Waals surface area contributed by atoms with Crippen LogP contribution in [0.5, 0.6) is 0 Å². The molecular weight excluding hydrogens is 331 g/mol. The molecule has 5 nitrogen and oxygen atoms in total. The molecule has 2 N–H and O–H groups in total. The van der Waals surface area contributed by atoms with E-state index in [2.05, 4.69) is 0 Å². The molecule has 0 unspecified atom stereocenters. The summed E-state index contributed by atoms with van der Waals surface area (Å²) in [6, 6.07) is 4.69. The van der Waals surface area contributed by atoms with Crippen LogP contribution in [0.25, 0.3) is 0 Å². The standard InChI is InChI=1S/C17H25FN2O3S/c1-12(11-24(22,23)16-7-5-15(18)6-8-16)17(21)20-9-3-4-14(10-20)13(2)19/h5-8,12-14H,3-4,9-11,19H2,1-2H3/t12-,13+,14-/m1/s1. The van der Waals surface area contributed by atoms with Crippen LogP contribution in [0, 0.1) is 17.7 Å². The van der Waals surface area contributed by atoms with Crippen molar-refractivity contribution in [3.8, 4) is 0 Å². The number of nitrogens with zero attached hydrogens (tertiary/aromatic N) is 1. The molecule has 1 amide bonds. The molecule has 0 aliphatic carbocycles. The summed E-state index contributed by atoms with van der Waals surface area (Å²) in [5, 5.41) is 0. The lowest BCUT2D eigenvalue weighted by molar-refractivity contribution is -0.136. The molecule has 1 fully saturated rings. The molecule has 134 valence electrons. The van der Waals surface area contributed by atoms with Crippen molar-refractivity contribution in [2.24, 2.45) is 17.6 Å². The van der Waals surface area contributed by atoms with Crippen molar-refractivity contribution < 1.29 is 17.6 Å². The first-order chi connectivity index (χ1) is 11.2. The second-order valence-electron chi connectivity index (χ2n) is 6.68. The quantitative estimate of drug-likeness (QED) is 0.816. The fraction of sp³-hybridized carbons (Fsp3) is 0.588. The maximum atomic E-state index is 12.9. The van der Waals surface area contributed by atoms with Gasteiger partial charge in [-0.05, 0) is 49.9 Å². The Kier molecular flexibility index (Phi) is 5.98. The van der Waals surface area contributed by atoms with Gasteiger partial charge < -0.3 is 10.6 Å². The van der Waals surface area contributed by atoms with Crippen LogP contribution in [0.15, 0.2) is 29.2 Å². The van der Waals surface area contributed by atoms with Crippen LogP contribution in [-0.4, -0.2) is 44.1 Å². The second kappa shape index (κ2) is 7.61. The summed E-state index contributed by atoms with van der Waals surface area (Å²) in [7, 11) is -3.63. The smallest absolute Gasteiger partial charge is 0.226 e. The summed E-state index contributed by atoms with van der Waals surface area (Å²) in [5.74, 6) is -1.33. The predicted octanol–water partition coefficient (Wildman–Crippen LogP) is 1.82. The number of likely N-dealkylation sites (tertiary alicyclic amines) is 1. The zero-order valence-electron chi connectivity index (χ0n) is 14.1. The number of sulfone groups is 1. The first-order valence-corrected chi connectivity index (χ1v) is 9.88. The molecule has 0 spiro atoms. The highest BCUT2D eigenvalue weighted by Crippen LogP contribution is 2.22. The van der Waals surface area contributed by atoms with Crippen LogP contribution < -0.4 is 5.73 Å². The third-order valence-corrected chi connectivity index (χ3v) is 6.51. The number of benzene rings is 1. The number of carbonyl (C=O) groups is 1. The number of nitrogens with two attached hydrogens (primary N) is 1. The molecule has 1 aromatic rings. The third-order valence-electron chi connectivity index (χ3n) is 4.58. The van der Waals surface area contributed by atoms with E-state index < -0.39 is 21.6 Å². The summed E-state index contributed by atoms with van der Waals surface area (Å²) in [5.41, 5.74) is 5.93. The van der Waals surface area contributed by atoms with Crippen molar-refractivity contribution in [1.29, 1.82) is 0 Å². The summed E-state index contributed by atoms with van der Waals surface area (Å²) in [4.78, 5) is 14.4. The number of hydrogen-bond donors (Lipinski definition) is 1. The highest BCUT2D eigenvalue weighted by Gasteiger charge is 2.31. The highest BCUT2D eigenvalue weighted by atomic mass is 32.2. The van der Waals surface area contributed by atoms with Crippen molar-refractivity contribution in [3.63, 3.8) is 0 Å². The van der Waals surface area contributed by atoms with Gasteiger partial charge in [0.15, 0.2) is 9.84 Å². The Morgan fingerprint density at radius 2 is 1.96 bits per heavy atom. The van der Waals surface area contributed by atoms with E-state index in [-0.39, 0.29) is 28.5 Å². The Morgan fingerprint density at radius 3 is 2.54 bits per heavy atom. The number of rotatable bonds is 5. The van der Waals surface area contributed by atoms with Gasteiger partial charge in [-0.3, -0.25) is 4.79 Å². The van der Waals surface area contributed by atoms with Crippen LogP contribution in [-0.2, 0) is 14.6 Å². The van der Waals surface area contributed by atoms with Crippen molar-refractivity contribution >= 4 is 15.7 Å². The second-order valence-corrected chi connectivity index (χ2v) is 8.72. The number of carbonyl (C=O) groups excluding carboxylic acids is 1. The zero-order valence-corrected chi connectivity index (χ0v) is 14.9. The fourth-order valence-electron chi connectivity index (χ4n) is 3.09. The van der Waals surface area contributed by atoms with Crippen molar-refractivity contribution in [1.82, 2.24) is 4.90 Å². The molecule has 7 heteroatoms. The van der Waals surface area contributed by atoms with Crippen LogP contribution in [0.2, 0.25) is 0 Å². The van der Waals surface area contributed by atoms with E-state index in [0.29, 0.717) is 13.1 Å². The van der Waals surface area contributed by atoms with E-state index in [1.807, 2.05) is 6.92 Å². The molecule has 0 bridgehead atoms. The lowest BCUT2D eigenvalue weighted by Gasteiger charge is -2.36. The molecule has 24 heavy (non-hydrogen) atoms. The van der Waals surface area contributed by atoms with Gasteiger partial charge in [-0.15, -0.1) is 0 Å². The number of hydrogen-bond acceptors (Lipinski definition) is 4. The number of piperidine rings is 1. The molecule has 0 radical (unpaired) electrons. The average molecular weight is 356 g/mol. The minimum Gasteiger partial charge on any atom is -0.342 e. The lowest BCUT2D eigenvalue weighted by Crippen LogP contribution is -2.47. The van der Waals surface area contributed by atoms with E-state index in [0.717, 1.165) is 25.0 Å². The molecule has 0 aromatic heterocycles. The normalized spacial score (nSPS) is 21.3. The number of amides is 1. The molecule has 3 atom stereocenters. The molecule has 1 aromatic carbocycles. The van der Waals surface area contributed by atoms with Crippen molar-refractivity contribution in [2.45, 2.75) is 37.6 Å². The molecule has 2 rings (SSSR count). The van der Waals surface area contributed by atoms with Crippen LogP contribution >= 0.6 is 0 Å². The largest absolute Gasteiger partial charge is 0.342 e. The number of halogens is 1. The van der Waals surface area contributed by atoms with E-state index in [1.54, 1.807) is 11.8 Å². The SMILES string of the molecule is C[C@H](CS(=O)(=O)c1ccc(F)cc1)C(=O)N1CCC[C@@H]([C@H](C)N)C1. The Hall–Kier alpha value is -1.47. The van der Waals surface area contributed by atoms with Crippen LogP contribution in [0.1, 0.15) is 26.7 Å². The van der Waals surface area contributed by atoms with E-state index in [4.69, 9.17) is 5.73 Å². The predicted molar refractivity (Wildman–Crippen MR) is 90.6 cm³/mol. The van der Waals surface area contributed by atoms with Gasteiger partial charge in [-0.1, -0.05) is 6.92 Å². The van der Waals surface area contributed by atoms with Crippen molar-refractivity contribution in [3.05, 3.63) is 30.1 Å². The summed E-state index contributed by atoms with van der Waals surface area (Å²) < 4.78 is 37.7. The Morgan fingerprint density at radius 1 is 1.33 bits per heavy atom. The first kappa shape index (κ1) is 18.9. The van der Waals surface area contributed by atoms with Crippen LogP contribution in [0.4, 0.5) is 4.39 Å². The van der Waals surface area contributed by atoms with Gasteiger partial charge in [0.2, 0.25) is 5.91 Å². The third kappa shape index (κ3) is 4.54. The van der Waals surface area contributed by atoms with Gasteiger partial charge in [0.1, 0.15) is 5.82 Å². The molecule has 1 aliphatic heterocycles. The monoisotopic (exact) mass is 356 g/mol. The molecular formula is C17H25FN2O3S. The van der Waals surface area contributed by atoms with Crippen LogP contribution in [0.3, 0.4) is 0 Å². The molecule has 1 saturated heterocycles. The summed E-state index contributed by atoms with van der Waals surface area (Å²) in [6.07, 6.45) is 1.87. The van der Waals surface area contributed by atoms with Crippen molar-refractivity contribution in [2.75, 3.05) is 18.8 Å². The molecule has 1 heterocycles. The molecule has 1 aliphatic rings. The minimum absolute atomic E-state index is 0.0128. The zero-order chi connectivity index (χ0) is 17.9. The summed E-state index contributed by atoms with van der Waals surface area (Å²) >= 11 is 0. The Balaban J connectivity index is 2.04. The van der Waals surface area contributed by atoms with Gasteiger partial charge in [-0.25, -0.2) is 12.8 Å². The topological polar surface area (TPSA) is 80.5 Å². The van der Waals surface area contributed by atoms with Gasteiger partial charge in [0.05, 0.1) is 10.6 Å². The maximum Gasteiger partial charge on any atom is 0.226 e. The highest BCUT2D eigenvalue weighted by molar-refractivity contribution is 7.91. The van der Waals surface area contributed by atoms with E-state index in [9.17, 15) is 17.6 Å². The van der Waals surface area contributed by atoms with Gasteiger partial charge >= 0.3 is 0 Å². The average Bonchev–Trinajstić information content (AvgIpc) is 2.54. The fourth-order valence-corrected chi connectivity index (χ4v) is 4.63.